The van der Waals surface area contributed by atoms with Crippen LogP contribution in [0.25, 0.3) is 22.6 Å². The molecule has 20 heavy (non-hydrogen) atoms. The van der Waals surface area contributed by atoms with Gasteiger partial charge < -0.3 is 15.5 Å². The SMILES string of the molecule is Cc1ccccc1-c1nc2cc(NC(N)=S)ccc2o1. The van der Waals surface area contributed by atoms with Crippen molar-refractivity contribution in [3.8, 4) is 11.5 Å². The van der Waals surface area contributed by atoms with Crippen molar-refractivity contribution in [3.05, 3.63) is 48.0 Å². The van der Waals surface area contributed by atoms with Gasteiger partial charge in [-0.15, -0.1) is 0 Å². The van der Waals surface area contributed by atoms with Crippen molar-refractivity contribution < 1.29 is 4.42 Å². The zero-order valence-corrected chi connectivity index (χ0v) is 11.7. The summed E-state index contributed by atoms with van der Waals surface area (Å²) in [6.07, 6.45) is 0. The molecule has 0 spiro atoms. The molecule has 0 unspecified atom stereocenters. The zero-order valence-electron chi connectivity index (χ0n) is 10.9. The Morgan fingerprint density at radius 3 is 2.80 bits per heavy atom. The van der Waals surface area contributed by atoms with Crippen LogP contribution < -0.4 is 11.1 Å². The highest BCUT2D eigenvalue weighted by Crippen LogP contribution is 2.27. The fourth-order valence-corrected chi connectivity index (χ4v) is 2.19. The molecule has 5 heteroatoms. The van der Waals surface area contributed by atoms with Crippen LogP contribution in [0.3, 0.4) is 0 Å². The van der Waals surface area contributed by atoms with E-state index in [4.69, 9.17) is 22.4 Å². The van der Waals surface area contributed by atoms with Gasteiger partial charge in [0.05, 0.1) is 0 Å². The fourth-order valence-electron chi connectivity index (χ4n) is 2.08. The van der Waals surface area contributed by atoms with Crippen molar-refractivity contribution in [1.29, 1.82) is 0 Å². The minimum absolute atomic E-state index is 0.229. The van der Waals surface area contributed by atoms with E-state index in [1.54, 1.807) is 0 Å². The van der Waals surface area contributed by atoms with Crippen LogP contribution in [0, 0.1) is 6.92 Å². The molecule has 2 aromatic carbocycles. The second kappa shape index (κ2) is 4.94. The van der Waals surface area contributed by atoms with Gasteiger partial charge in [0.1, 0.15) is 5.52 Å². The van der Waals surface area contributed by atoms with Crippen LogP contribution in [-0.2, 0) is 0 Å². The quantitative estimate of drug-likeness (QED) is 0.705. The lowest BCUT2D eigenvalue weighted by atomic mass is 10.1. The van der Waals surface area contributed by atoms with Crippen molar-refractivity contribution in [2.24, 2.45) is 5.73 Å². The van der Waals surface area contributed by atoms with Gasteiger partial charge in [0.25, 0.3) is 0 Å². The normalized spacial score (nSPS) is 10.7. The van der Waals surface area contributed by atoms with Gasteiger partial charge in [-0.05, 0) is 49.0 Å². The van der Waals surface area contributed by atoms with E-state index in [1.165, 1.54) is 0 Å². The number of nitrogens with two attached hydrogens (primary N) is 1. The number of oxazole rings is 1. The van der Waals surface area contributed by atoms with Crippen molar-refractivity contribution >= 4 is 34.1 Å². The zero-order chi connectivity index (χ0) is 14.1. The molecule has 3 rings (SSSR count). The van der Waals surface area contributed by atoms with Crippen LogP contribution >= 0.6 is 12.2 Å². The number of nitrogens with one attached hydrogen (secondary N) is 1. The highest BCUT2D eigenvalue weighted by Gasteiger charge is 2.10. The van der Waals surface area contributed by atoms with Crippen molar-refractivity contribution in [1.82, 2.24) is 4.98 Å². The number of benzene rings is 2. The van der Waals surface area contributed by atoms with Gasteiger partial charge in [-0.1, -0.05) is 18.2 Å². The van der Waals surface area contributed by atoms with E-state index in [0.717, 1.165) is 27.9 Å². The molecule has 0 amide bonds. The smallest absolute Gasteiger partial charge is 0.227 e. The van der Waals surface area contributed by atoms with Crippen LogP contribution in [0.2, 0.25) is 0 Å². The summed E-state index contributed by atoms with van der Waals surface area (Å²) in [5, 5.41) is 3.11. The molecule has 0 bridgehead atoms. The molecule has 3 aromatic rings. The molecule has 1 heterocycles. The van der Waals surface area contributed by atoms with Crippen LogP contribution in [0.1, 0.15) is 5.56 Å². The Hall–Kier alpha value is -2.40. The second-order valence-electron chi connectivity index (χ2n) is 4.51. The maximum Gasteiger partial charge on any atom is 0.227 e. The minimum atomic E-state index is 0.229. The Kier molecular flexibility index (Phi) is 3.12. The van der Waals surface area contributed by atoms with Crippen LogP contribution in [0.15, 0.2) is 46.9 Å². The molecule has 0 aliphatic rings. The molecule has 0 fully saturated rings. The first-order valence-electron chi connectivity index (χ1n) is 6.16. The molecule has 1 aromatic heterocycles. The number of rotatable bonds is 2. The van der Waals surface area contributed by atoms with E-state index in [9.17, 15) is 0 Å². The summed E-state index contributed by atoms with van der Waals surface area (Å²) in [7, 11) is 0. The van der Waals surface area contributed by atoms with Gasteiger partial charge in [0, 0.05) is 11.3 Å². The molecule has 0 atom stereocenters. The largest absolute Gasteiger partial charge is 0.436 e. The lowest BCUT2D eigenvalue weighted by Gasteiger charge is -2.01. The summed E-state index contributed by atoms with van der Waals surface area (Å²) >= 11 is 4.82. The number of hydrogen-bond acceptors (Lipinski definition) is 3. The lowest BCUT2D eigenvalue weighted by Crippen LogP contribution is -2.18. The first kappa shape index (κ1) is 12.6. The highest BCUT2D eigenvalue weighted by atomic mass is 32.1. The first-order valence-corrected chi connectivity index (χ1v) is 6.57. The predicted molar refractivity (Wildman–Crippen MR) is 84.6 cm³/mol. The summed E-state index contributed by atoms with van der Waals surface area (Å²) in [5.41, 5.74) is 9.88. The Bertz CT molecular complexity index is 795. The topological polar surface area (TPSA) is 64.1 Å². The molecular formula is C15H13N3OS. The molecule has 0 aliphatic heterocycles. The van der Waals surface area contributed by atoms with Crippen LogP contribution in [0.5, 0.6) is 0 Å². The van der Waals surface area contributed by atoms with E-state index in [0.29, 0.717) is 5.89 Å². The first-order chi connectivity index (χ1) is 9.63. The summed E-state index contributed by atoms with van der Waals surface area (Å²) < 4.78 is 5.79. The van der Waals surface area contributed by atoms with Gasteiger partial charge in [0.2, 0.25) is 5.89 Å². The Morgan fingerprint density at radius 2 is 2.05 bits per heavy atom. The maximum atomic E-state index is 5.79. The van der Waals surface area contributed by atoms with Gasteiger partial charge in [0.15, 0.2) is 10.7 Å². The standard InChI is InChI=1S/C15H13N3OS/c1-9-4-2-3-5-11(9)14-18-12-8-10(17-15(16)20)6-7-13(12)19-14/h2-8H,1H3,(H3,16,17,20). The molecule has 0 saturated carbocycles. The van der Waals surface area contributed by atoms with Crippen molar-refractivity contribution in [2.75, 3.05) is 5.32 Å². The molecule has 100 valence electrons. The lowest BCUT2D eigenvalue weighted by molar-refractivity contribution is 0.619. The summed E-state index contributed by atoms with van der Waals surface area (Å²) in [5.74, 6) is 0.616. The average molecular weight is 283 g/mol. The Labute approximate surface area is 121 Å². The van der Waals surface area contributed by atoms with Gasteiger partial charge in [-0.2, -0.15) is 0 Å². The number of hydrogen-bond donors (Lipinski definition) is 2. The molecule has 0 saturated heterocycles. The highest BCUT2D eigenvalue weighted by molar-refractivity contribution is 7.80. The van der Waals surface area contributed by atoms with Crippen LogP contribution in [-0.4, -0.2) is 10.1 Å². The van der Waals surface area contributed by atoms with Gasteiger partial charge in [-0.25, -0.2) is 4.98 Å². The molecule has 4 nitrogen and oxygen atoms in total. The number of aryl methyl sites for hydroxylation is 1. The number of fused-ring (bicyclic) bond motifs is 1. The maximum absolute atomic E-state index is 5.79. The third-order valence-corrected chi connectivity index (χ3v) is 3.13. The fraction of sp³-hybridized carbons (Fsp3) is 0.0667. The average Bonchev–Trinajstić information content (AvgIpc) is 2.81. The number of anilines is 1. The van der Waals surface area contributed by atoms with Gasteiger partial charge in [-0.3, -0.25) is 0 Å². The third-order valence-electron chi connectivity index (χ3n) is 3.03. The number of thiocarbonyl (C=S) groups is 1. The van der Waals surface area contributed by atoms with E-state index in [2.05, 4.69) is 10.3 Å². The van der Waals surface area contributed by atoms with E-state index >= 15 is 0 Å². The predicted octanol–water partition coefficient (Wildman–Crippen LogP) is 3.46. The summed E-state index contributed by atoms with van der Waals surface area (Å²) in [6.45, 7) is 2.03. The molecule has 3 N–H and O–H groups in total. The van der Waals surface area contributed by atoms with Crippen molar-refractivity contribution in [2.45, 2.75) is 6.92 Å². The molecule has 0 aliphatic carbocycles. The Balaban J connectivity index is 2.07. The molecule has 0 radical (unpaired) electrons. The van der Waals surface area contributed by atoms with E-state index in [1.807, 2.05) is 49.4 Å². The van der Waals surface area contributed by atoms with E-state index in [-0.39, 0.29) is 5.11 Å². The second-order valence-corrected chi connectivity index (χ2v) is 4.95. The minimum Gasteiger partial charge on any atom is -0.436 e. The monoisotopic (exact) mass is 283 g/mol. The molecular weight excluding hydrogens is 270 g/mol. The summed E-state index contributed by atoms with van der Waals surface area (Å²) in [4.78, 5) is 4.52. The van der Waals surface area contributed by atoms with E-state index < -0.39 is 0 Å². The van der Waals surface area contributed by atoms with Crippen molar-refractivity contribution in [3.63, 3.8) is 0 Å². The Morgan fingerprint density at radius 1 is 1.25 bits per heavy atom. The van der Waals surface area contributed by atoms with Crippen LogP contribution in [0.4, 0.5) is 5.69 Å². The number of aromatic nitrogens is 1. The number of nitrogens with zero attached hydrogens (tertiary/aromatic N) is 1. The summed E-state index contributed by atoms with van der Waals surface area (Å²) in [6, 6.07) is 13.6. The van der Waals surface area contributed by atoms with Gasteiger partial charge >= 0.3 is 0 Å². The third kappa shape index (κ3) is 2.35.